The molecule has 0 amide bonds. The van der Waals surface area contributed by atoms with Crippen LogP contribution in [-0.4, -0.2) is 12.7 Å². The lowest BCUT2D eigenvalue weighted by Gasteiger charge is -2.43. The molecule has 0 aromatic carbocycles. The molecule has 0 aromatic heterocycles. The molecule has 1 saturated heterocycles. The first-order valence-corrected chi connectivity index (χ1v) is 6.97. The molecule has 0 N–H and O–H groups in total. The molecule has 1 aliphatic heterocycles. The number of hydrogen-bond acceptors (Lipinski definition) is 1. The fourth-order valence-corrected chi connectivity index (χ4v) is 3.26. The second kappa shape index (κ2) is 4.26. The highest BCUT2D eigenvalue weighted by Gasteiger charge is 2.51. The van der Waals surface area contributed by atoms with E-state index in [0.717, 1.165) is 6.61 Å². The van der Waals surface area contributed by atoms with Crippen molar-refractivity contribution in [2.45, 2.75) is 68.4 Å². The van der Waals surface area contributed by atoms with Crippen LogP contribution in [0.5, 0.6) is 0 Å². The molecule has 0 saturated carbocycles. The van der Waals surface area contributed by atoms with Crippen LogP contribution in [0.2, 0.25) is 0 Å². The van der Waals surface area contributed by atoms with Crippen LogP contribution in [0.4, 0.5) is 0 Å². The highest BCUT2D eigenvalue weighted by molar-refractivity contribution is 4.99. The Morgan fingerprint density at radius 1 is 0.706 bits per heavy atom. The van der Waals surface area contributed by atoms with E-state index < -0.39 is 0 Å². The van der Waals surface area contributed by atoms with Gasteiger partial charge in [-0.2, -0.15) is 0 Å². The molecule has 3 atom stereocenters. The number of ether oxygens (including phenoxy) is 1. The van der Waals surface area contributed by atoms with Gasteiger partial charge in [0.15, 0.2) is 0 Å². The zero-order chi connectivity index (χ0) is 13.6. The van der Waals surface area contributed by atoms with Crippen molar-refractivity contribution in [3.63, 3.8) is 0 Å². The van der Waals surface area contributed by atoms with Gasteiger partial charge in [0, 0.05) is 0 Å². The normalized spacial score (nSPS) is 31.9. The van der Waals surface area contributed by atoms with Gasteiger partial charge >= 0.3 is 0 Å². The first kappa shape index (κ1) is 15.0. The van der Waals surface area contributed by atoms with Gasteiger partial charge in [-0.3, -0.25) is 0 Å². The Morgan fingerprint density at radius 3 is 1.47 bits per heavy atom. The molecule has 0 aliphatic carbocycles. The topological polar surface area (TPSA) is 9.23 Å². The van der Waals surface area contributed by atoms with Gasteiger partial charge < -0.3 is 4.74 Å². The van der Waals surface area contributed by atoms with Crippen molar-refractivity contribution >= 4 is 0 Å². The van der Waals surface area contributed by atoms with Crippen molar-refractivity contribution in [3.8, 4) is 0 Å². The molecular weight excluding hydrogens is 208 g/mol. The Balaban J connectivity index is 3.08. The molecule has 1 fully saturated rings. The van der Waals surface area contributed by atoms with Crippen molar-refractivity contribution in [1.29, 1.82) is 0 Å². The van der Waals surface area contributed by atoms with Crippen LogP contribution in [0, 0.1) is 28.1 Å². The number of hydrogen-bond donors (Lipinski definition) is 0. The van der Waals surface area contributed by atoms with Crippen LogP contribution >= 0.6 is 0 Å². The Hall–Kier alpha value is -0.0400. The summed E-state index contributed by atoms with van der Waals surface area (Å²) in [6.45, 7) is 22.0. The highest BCUT2D eigenvalue weighted by atomic mass is 16.5. The zero-order valence-corrected chi connectivity index (χ0v) is 13.3. The van der Waals surface area contributed by atoms with Crippen LogP contribution in [0.1, 0.15) is 62.3 Å². The standard InChI is InChI=1S/C16H32O/c1-14(2,3)11-10-17-13(16(7,8)9)12(11)15(4,5)6/h11-13H,10H2,1-9H3/t11-,12?,13-/m1/s1. The summed E-state index contributed by atoms with van der Waals surface area (Å²) in [6.07, 6.45) is 0.381. The lowest BCUT2D eigenvalue weighted by atomic mass is 9.61. The largest absolute Gasteiger partial charge is 0.377 e. The van der Waals surface area contributed by atoms with E-state index in [1.165, 1.54) is 0 Å². The van der Waals surface area contributed by atoms with Crippen molar-refractivity contribution in [2.24, 2.45) is 28.1 Å². The summed E-state index contributed by atoms with van der Waals surface area (Å²) in [5.74, 6) is 1.30. The lowest BCUT2D eigenvalue weighted by Crippen LogP contribution is -2.43. The van der Waals surface area contributed by atoms with Crippen LogP contribution in [0.3, 0.4) is 0 Å². The monoisotopic (exact) mass is 240 g/mol. The highest BCUT2D eigenvalue weighted by Crippen LogP contribution is 2.51. The smallest absolute Gasteiger partial charge is 0.0660 e. The maximum atomic E-state index is 6.20. The molecule has 1 rings (SSSR count). The van der Waals surface area contributed by atoms with Gasteiger partial charge in [0.2, 0.25) is 0 Å². The minimum absolute atomic E-state index is 0.234. The predicted octanol–water partition coefficient (Wildman–Crippen LogP) is 4.76. The van der Waals surface area contributed by atoms with Gasteiger partial charge in [-0.1, -0.05) is 62.3 Å². The fraction of sp³-hybridized carbons (Fsp3) is 1.00. The SMILES string of the molecule is CC(C)(C)C1[C@H](C(C)(C)C)CO[C@H]1C(C)(C)C. The van der Waals surface area contributed by atoms with Gasteiger partial charge in [0.05, 0.1) is 12.7 Å². The Kier molecular flexibility index (Phi) is 3.76. The van der Waals surface area contributed by atoms with E-state index in [4.69, 9.17) is 4.74 Å². The van der Waals surface area contributed by atoms with Crippen molar-refractivity contribution in [3.05, 3.63) is 0 Å². The second-order valence-electron chi connectivity index (χ2n) is 8.98. The van der Waals surface area contributed by atoms with E-state index >= 15 is 0 Å². The van der Waals surface area contributed by atoms with Crippen LogP contribution in [0.15, 0.2) is 0 Å². The molecule has 17 heavy (non-hydrogen) atoms. The molecule has 0 aromatic rings. The average Bonchev–Trinajstić information content (AvgIpc) is 2.42. The third kappa shape index (κ3) is 3.24. The Labute approximate surface area is 108 Å². The minimum Gasteiger partial charge on any atom is -0.377 e. The minimum atomic E-state index is 0.234. The van der Waals surface area contributed by atoms with E-state index in [1.54, 1.807) is 0 Å². The van der Waals surface area contributed by atoms with E-state index in [-0.39, 0.29) is 5.41 Å². The summed E-state index contributed by atoms with van der Waals surface area (Å²) in [6, 6.07) is 0. The quantitative estimate of drug-likeness (QED) is 0.593. The Bertz CT molecular complexity index is 237. The molecular formula is C16H32O. The third-order valence-corrected chi connectivity index (χ3v) is 4.18. The fourth-order valence-electron chi connectivity index (χ4n) is 3.26. The van der Waals surface area contributed by atoms with Gasteiger partial charge in [-0.05, 0) is 28.1 Å². The van der Waals surface area contributed by atoms with E-state index in [2.05, 4.69) is 62.3 Å². The van der Waals surface area contributed by atoms with Crippen molar-refractivity contribution in [1.82, 2.24) is 0 Å². The van der Waals surface area contributed by atoms with E-state index in [1.807, 2.05) is 0 Å². The van der Waals surface area contributed by atoms with Gasteiger partial charge in [-0.15, -0.1) is 0 Å². The molecule has 1 nitrogen and oxygen atoms in total. The zero-order valence-electron chi connectivity index (χ0n) is 13.3. The van der Waals surface area contributed by atoms with Gasteiger partial charge in [-0.25, -0.2) is 0 Å². The maximum Gasteiger partial charge on any atom is 0.0660 e. The third-order valence-electron chi connectivity index (χ3n) is 4.18. The van der Waals surface area contributed by atoms with E-state index in [0.29, 0.717) is 28.8 Å². The van der Waals surface area contributed by atoms with Crippen LogP contribution in [-0.2, 0) is 4.74 Å². The molecule has 1 aliphatic rings. The van der Waals surface area contributed by atoms with Crippen LogP contribution < -0.4 is 0 Å². The summed E-state index contributed by atoms with van der Waals surface area (Å²) in [7, 11) is 0. The summed E-state index contributed by atoms with van der Waals surface area (Å²) in [5.41, 5.74) is 0.877. The molecule has 102 valence electrons. The summed E-state index contributed by atoms with van der Waals surface area (Å²) in [5, 5.41) is 0. The first-order chi connectivity index (χ1) is 7.35. The molecule has 0 bridgehead atoms. The first-order valence-electron chi connectivity index (χ1n) is 6.97. The molecule has 1 heteroatoms. The maximum absolute atomic E-state index is 6.20. The summed E-state index contributed by atoms with van der Waals surface area (Å²) < 4.78 is 6.20. The Morgan fingerprint density at radius 2 is 1.18 bits per heavy atom. The van der Waals surface area contributed by atoms with Gasteiger partial charge in [0.1, 0.15) is 0 Å². The number of rotatable bonds is 0. The summed E-state index contributed by atoms with van der Waals surface area (Å²) in [4.78, 5) is 0. The van der Waals surface area contributed by atoms with Crippen molar-refractivity contribution < 1.29 is 4.74 Å². The molecule has 0 spiro atoms. The molecule has 1 heterocycles. The molecule has 1 unspecified atom stereocenters. The van der Waals surface area contributed by atoms with Crippen LogP contribution in [0.25, 0.3) is 0 Å². The second-order valence-corrected chi connectivity index (χ2v) is 8.98. The van der Waals surface area contributed by atoms with Gasteiger partial charge in [0.25, 0.3) is 0 Å². The average molecular weight is 240 g/mol. The van der Waals surface area contributed by atoms with Crippen molar-refractivity contribution in [2.75, 3.05) is 6.61 Å². The summed E-state index contributed by atoms with van der Waals surface area (Å²) >= 11 is 0. The predicted molar refractivity (Wildman–Crippen MR) is 75.1 cm³/mol. The van der Waals surface area contributed by atoms with E-state index in [9.17, 15) is 0 Å². The molecule has 0 radical (unpaired) electrons. The lowest BCUT2D eigenvalue weighted by molar-refractivity contribution is -0.0213.